The molecule has 0 aliphatic heterocycles. The van der Waals surface area contributed by atoms with Crippen molar-refractivity contribution in [3.05, 3.63) is 188 Å². The summed E-state index contributed by atoms with van der Waals surface area (Å²) in [5.41, 5.74) is 10.00. The molecule has 0 N–H and O–H groups in total. The average molecular weight is 755 g/mol. The third kappa shape index (κ3) is 4.90. The first-order valence-corrected chi connectivity index (χ1v) is 19.5. The van der Waals surface area contributed by atoms with Crippen LogP contribution in [0.1, 0.15) is 5.56 Å². The maximum Gasteiger partial charge on any atom is 0.164 e. The van der Waals surface area contributed by atoms with Crippen molar-refractivity contribution in [1.29, 1.82) is 5.26 Å². The SMILES string of the molecule is N#Cc1cc(-c2nc(-c3ccccc3)nc(-c3ccccc3)n2)c2c(oc3ccccc32)c1-n1c2ccccc2c2ccc3c(c4ccccc4n3-c3ccccc3)c21. The summed E-state index contributed by atoms with van der Waals surface area (Å²) in [4.78, 5) is 15.2. The van der Waals surface area contributed by atoms with Crippen LogP contribution in [-0.4, -0.2) is 24.1 Å². The van der Waals surface area contributed by atoms with Gasteiger partial charge in [-0.25, -0.2) is 15.0 Å². The van der Waals surface area contributed by atoms with Gasteiger partial charge in [-0.1, -0.05) is 140 Å². The van der Waals surface area contributed by atoms with Gasteiger partial charge in [0.1, 0.15) is 17.3 Å². The Morgan fingerprint density at radius 3 is 1.69 bits per heavy atom. The molecule has 274 valence electrons. The van der Waals surface area contributed by atoms with Gasteiger partial charge in [0.25, 0.3) is 0 Å². The zero-order valence-corrected chi connectivity index (χ0v) is 31.4. The number of fused-ring (bicyclic) bond motifs is 10. The minimum Gasteiger partial charge on any atom is -0.454 e. The highest BCUT2D eigenvalue weighted by atomic mass is 16.3. The fourth-order valence-corrected chi connectivity index (χ4v) is 8.90. The van der Waals surface area contributed by atoms with Crippen LogP contribution in [0.5, 0.6) is 0 Å². The van der Waals surface area contributed by atoms with Crippen molar-refractivity contribution in [2.75, 3.05) is 0 Å². The fraction of sp³-hybridized carbons (Fsp3) is 0. The van der Waals surface area contributed by atoms with Gasteiger partial charge in [-0.15, -0.1) is 0 Å². The largest absolute Gasteiger partial charge is 0.454 e. The van der Waals surface area contributed by atoms with Gasteiger partial charge >= 0.3 is 0 Å². The molecule has 59 heavy (non-hydrogen) atoms. The Bertz CT molecular complexity index is 3610. The number of nitrogens with zero attached hydrogens (tertiary/aromatic N) is 6. The summed E-state index contributed by atoms with van der Waals surface area (Å²) in [5, 5.41) is 17.4. The topological polar surface area (TPSA) is 85.5 Å². The Kier molecular flexibility index (Phi) is 7.16. The number of rotatable bonds is 5. The molecule has 0 radical (unpaired) electrons. The van der Waals surface area contributed by atoms with Crippen molar-refractivity contribution in [3.63, 3.8) is 0 Å². The molecule has 4 aromatic heterocycles. The normalized spacial score (nSPS) is 11.7. The van der Waals surface area contributed by atoms with Gasteiger partial charge in [0, 0.05) is 54.7 Å². The van der Waals surface area contributed by atoms with Crippen LogP contribution in [0.4, 0.5) is 0 Å². The molecule has 4 heterocycles. The molecule has 12 aromatic rings. The number of aromatic nitrogens is 5. The van der Waals surface area contributed by atoms with E-state index in [-0.39, 0.29) is 0 Å². The van der Waals surface area contributed by atoms with Crippen LogP contribution in [-0.2, 0) is 0 Å². The maximum atomic E-state index is 11.3. The zero-order valence-electron chi connectivity index (χ0n) is 31.4. The van der Waals surface area contributed by atoms with E-state index in [2.05, 4.69) is 106 Å². The van der Waals surface area contributed by atoms with E-state index in [0.717, 1.165) is 71.2 Å². The number of furan rings is 1. The van der Waals surface area contributed by atoms with Crippen molar-refractivity contribution in [1.82, 2.24) is 24.1 Å². The van der Waals surface area contributed by atoms with Gasteiger partial charge < -0.3 is 13.6 Å². The highest BCUT2D eigenvalue weighted by Crippen LogP contribution is 2.46. The molecule has 0 saturated carbocycles. The quantitative estimate of drug-likeness (QED) is 0.175. The number of para-hydroxylation sites is 4. The monoisotopic (exact) mass is 754 g/mol. The summed E-state index contributed by atoms with van der Waals surface area (Å²) < 4.78 is 11.5. The first-order valence-electron chi connectivity index (χ1n) is 19.5. The van der Waals surface area contributed by atoms with Crippen molar-refractivity contribution in [3.8, 4) is 51.6 Å². The van der Waals surface area contributed by atoms with E-state index >= 15 is 0 Å². The van der Waals surface area contributed by atoms with E-state index in [1.165, 1.54) is 0 Å². The van der Waals surface area contributed by atoms with Gasteiger partial charge in [-0.05, 0) is 42.5 Å². The number of nitriles is 1. The smallest absolute Gasteiger partial charge is 0.164 e. The zero-order chi connectivity index (χ0) is 39.0. The van der Waals surface area contributed by atoms with E-state index < -0.39 is 0 Å². The molecule has 0 saturated heterocycles. The third-order valence-electron chi connectivity index (χ3n) is 11.4. The Hall–Kier alpha value is -8.34. The summed E-state index contributed by atoms with van der Waals surface area (Å²) >= 11 is 0. The Morgan fingerprint density at radius 1 is 0.458 bits per heavy atom. The molecule has 7 nitrogen and oxygen atoms in total. The number of hydrogen-bond acceptors (Lipinski definition) is 5. The predicted octanol–water partition coefficient (Wildman–Crippen LogP) is 12.8. The van der Waals surface area contributed by atoms with Crippen LogP contribution in [0.2, 0.25) is 0 Å². The van der Waals surface area contributed by atoms with Crippen LogP contribution >= 0.6 is 0 Å². The van der Waals surface area contributed by atoms with Gasteiger partial charge in [0.2, 0.25) is 0 Å². The van der Waals surface area contributed by atoms with Gasteiger partial charge in [0.15, 0.2) is 23.1 Å². The maximum absolute atomic E-state index is 11.3. The molecule has 0 unspecified atom stereocenters. The molecule has 0 atom stereocenters. The number of hydrogen-bond donors (Lipinski definition) is 0. The lowest BCUT2D eigenvalue weighted by Gasteiger charge is -2.15. The molecule has 0 spiro atoms. The summed E-state index contributed by atoms with van der Waals surface area (Å²) in [6.07, 6.45) is 0. The molecule has 12 rings (SSSR count). The molecule has 7 heteroatoms. The fourth-order valence-electron chi connectivity index (χ4n) is 8.90. The van der Waals surface area contributed by atoms with Crippen LogP contribution in [0.15, 0.2) is 186 Å². The van der Waals surface area contributed by atoms with E-state index in [4.69, 9.17) is 19.4 Å². The standard InChI is InChI=1S/C52H30N6O/c53-31-34-30-40(52-55-50(32-16-4-1-5-17-32)54-51(56-52)33-18-6-2-7-19-33)45-39-24-12-15-27-44(39)59-49(45)47(34)58-41-25-13-10-22-36(41)37-28-29-43-46(48(37)58)38-23-11-14-26-42(38)57(43)35-20-8-3-9-21-35/h1-30H. The predicted molar refractivity (Wildman–Crippen MR) is 237 cm³/mol. The molecule has 0 bridgehead atoms. The van der Waals surface area contributed by atoms with Gasteiger partial charge in [-0.3, -0.25) is 0 Å². The van der Waals surface area contributed by atoms with Crippen LogP contribution in [0, 0.1) is 11.3 Å². The van der Waals surface area contributed by atoms with Crippen LogP contribution in [0.25, 0.3) is 111 Å². The van der Waals surface area contributed by atoms with Crippen molar-refractivity contribution >= 4 is 65.6 Å². The van der Waals surface area contributed by atoms with Crippen molar-refractivity contribution < 1.29 is 4.42 Å². The second-order valence-corrected chi connectivity index (χ2v) is 14.7. The lowest BCUT2D eigenvalue weighted by molar-refractivity contribution is 0.666. The summed E-state index contributed by atoms with van der Waals surface area (Å²) in [7, 11) is 0. The Morgan fingerprint density at radius 2 is 1.02 bits per heavy atom. The third-order valence-corrected chi connectivity index (χ3v) is 11.4. The molecule has 8 aromatic carbocycles. The van der Waals surface area contributed by atoms with Crippen molar-refractivity contribution in [2.45, 2.75) is 0 Å². The van der Waals surface area contributed by atoms with Crippen LogP contribution in [0.3, 0.4) is 0 Å². The van der Waals surface area contributed by atoms with Crippen molar-refractivity contribution in [2.24, 2.45) is 0 Å². The summed E-state index contributed by atoms with van der Waals surface area (Å²) in [6, 6.07) is 64.3. The molecular formula is C52H30N6O. The van der Waals surface area contributed by atoms with Gasteiger partial charge in [0.05, 0.1) is 27.6 Å². The van der Waals surface area contributed by atoms with E-state index in [9.17, 15) is 5.26 Å². The molecule has 0 amide bonds. The minimum atomic E-state index is 0.431. The molecule has 0 fully saturated rings. The summed E-state index contributed by atoms with van der Waals surface area (Å²) in [5.74, 6) is 1.53. The van der Waals surface area contributed by atoms with E-state index in [1.807, 2.05) is 91.0 Å². The first-order chi connectivity index (χ1) is 29.2. The van der Waals surface area contributed by atoms with E-state index in [1.54, 1.807) is 0 Å². The first kappa shape index (κ1) is 32.9. The second kappa shape index (κ2) is 12.8. The lowest BCUT2D eigenvalue weighted by atomic mass is 10.00. The van der Waals surface area contributed by atoms with Gasteiger partial charge in [-0.2, -0.15) is 5.26 Å². The highest BCUT2D eigenvalue weighted by molar-refractivity contribution is 6.27. The lowest BCUT2D eigenvalue weighted by Crippen LogP contribution is -2.03. The highest BCUT2D eigenvalue weighted by Gasteiger charge is 2.28. The van der Waals surface area contributed by atoms with E-state index in [0.29, 0.717) is 45.5 Å². The average Bonchev–Trinajstić information content (AvgIpc) is 3.97. The molecular weight excluding hydrogens is 725 g/mol. The second-order valence-electron chi connectivity index (χ2n) is 14.7. The van der Waals surface area contributed by atoms with Crippen LogP contribution < -0.4 is 0 Å². The Labute approximate surface area is 337 Å². The molecule has 0 aliphatic carbocycles. The summed E-state index contributed by atoms with van der Waals surface area (Å²) in [6.45, 7) is 0. The molecule has 0 aliphatic rings. The number of benzene rings is 8. The Balaban J connectivity index is 1.24. The minimum absolute atomic E-state index is 0.431.